The lowest BCUT2D eigenvalue weighted by Crippen LogP contribution is -1.94. The van der Waals surface area contributed by atoms with E-state index in [1.165, 1.54) is 22.1 Å². The molecule has 0 spiro atoms. The Labute approximate surface area is 277 Å². The first-order valence-electron chi connectivity index (χ1n) is 16.3. The van der Waals surface area contributed by atoms with Crippen LogP contribution in [0.2, 0.25) is 0 Å². The average Bonchev–Trinajstić information content (AvgIpc) is 3.71. The zero-order chi connectivity index (χ0) is 31.6. The van der Waals surface area contributed by atoms with Crippen molar-refractivity contribution in [3.05, 3.63) is 170 Å². The Morgan fingerprint density at radius 2 is 1.08 bits per heavy atom. The summed E-state index contributed by atoms with van der Waals surface area (Å²) in [4.78, 5) is 5.18. The summed E-state index contributed by atoms with van der Waals surface area (Å²) in [5, 5.41) is 5.61. The SMILES string of the molecule is c1ccc(-c2cccc(-n3c4ccccc4c4c5oc6c(-c7cc(-c8ccccc8)c8ccccc8n7)cccc6c5ccc43)c2)cc1. The van der Waals surface area contributed by atoms with Crippen molar-refractivity contribution in [1.82, 2.24) is 9.55 Å². The predicted molar refractivity (Wildman–Crippen MR) is 200 cm³/mol. The summed E-state index contributed by atoms with van der Waals surface area (Å²) in [5.74, 6) is 0. The van der Waals surface area contributed by atoms with Gasteiger partial charge in [0.05, 0.1) is 27.6 Å². The van der Waals surface area contributed by atoms with Gasteiger partial charge in [0.1, 0.15) is 11.2 Å². The molecule has 0 saturated heterocycles. The summed E-state index contributed by atoms with van der Waals surface area (Å²) >= 11 is 0. The first-order valence-corrected chi connectivity index (χ1v) is 16.3. The summed E-state index contributed by atoms with van der Waals surface area (Å²) in [6.45, 7) is 0. The molecule has 0 bridgehead atoms. The number of hydrogen-bond donors (Lipinski definition) is 0. The van der Waals surface area contributed by atoms with Crippen LogP contribution in [0.15, 0.2) is 174 Å². The summed E-state index contributed by atoms with van der Waals surface area (Å²) in [7, 11) is 0. The van der Waals surface area contributed by atoms with Gasteiger partial charge < -0.3 is 8.98 Å². The second-order valence-corrected chi connectivity index (χ2v) is 12.3. The van der Waals surface area contributed by atoms with Crippen LogP contribution in [0, 0.1) is 0 Å². The molecule has 224 valence electrons. The second-order valence-electron chi connectivity index (χ2n) is 12.3. The lowest BCUT2D eigenvalue weighted by molar-refractivity contribution is 0.674. The molecule has 3 aromatic heterocycles. The molecule has 0 radical (unpaired) electrons. The highest BCUT2D eigenvalue weighted by molar-refractivity contribution is 6.24. The van der Waals surface area contributed by atoms with Crippen molar-refractivity contribution in [2.45, 2.75) is 0 Å². The zero-order valence-electron chi connectivity index (χ0n) is 26.0. The third kappa shape index (κ3) is 4.04. The topological polar surface area (TPSA) is 31.0 Å². The number of nitrogens with zero attached hydrogens (tertiary/aromatic N) is 2. The number of benzene rings is 7. The molecule has 0 aliphatic carbocycles. The molecule has 0 saturated carbocycles. The van der Waals surface area contributed by atoms with E-state index in [2.05, 4.69) is 174 Å². The van der Waals surface area contributed by atoms with E-state index in [4.69, 9.17) is 9.40 Å². The van der Waals surface area contributed by atoms with Crippen LogP contribution >= 0.6 is 0 Å². The van der Waals surface area contributed by atoms with Crippen molar-refractivity contribution in [2.24, 2.45) is 0 Å². The molecule has 0 N–H and O–H groups in total. The smallest absolute Gasteiger partial charge is 0.145 e. The predicted octanol–water partition coefficient (Wildman–Crippen LogP) is 12.2. The minimum Gasteiger partial charge on any atom is -0.455 e. The Kier molecular flexibility index (Phi) is 5.87. The van der Waals surface area contributed by atoms with E-state index in [0.717, 1.165) is 71.8 Å². The Balaban J connectivity index is 1.23. The lowest BCUT2D eigenvalue weighted by atomic mass is 9.97. The number of furan rings is 1. The molecule has 0 atom stereocenters. The molecule has 3 nitrogen and oxygen atoms in total. The molecule has 7 aromatic carbocycles. The third-order valence-electron chi connectivity index (χ3n) is 9.59. The summed E-state index contributed by atoms with van der Waals surface area (Å²) in [6, 6.07) is 60.0. The normalized spacial score (nSPS) is 11.8. The van der Waals surface area contributed by atoms with E-state index in [1.807, 2.05) is 0 Å². The van der Waals surface area contributed by atoms with Crippen LogP contribution in [0.25, 0.3) is 93.8 Å². The molecular weight excluding hydrogens is 585 g/mol. The van der Waals surface area contributed by atoms with Gasteiger partial charge in [0.2, 0.25) is 0 Å². The minimum absolute atomic E-state index is 0.852. The molecule has 3 heteroatoms. The monoisotopic (exact) mass is 612 g/mol. The highest BCUT2D eigenvalue weighted by Crippen LogP contribution is 2.43. The Morgan fingerprint density at radius 1 is 0.417 bits per heavy atom. The van der Waals surface area contributed by atoms with Gasteiger partial charge in [-0.25, -0.2) is 4.98 Å². The van der Waals surface area contributed by atoms with Gasteiger partial charge in [0.25, 0.3) is 0 Å². The Bertz CT molecular complexity index is 2830. The Morgan fingerprint density at radius 3 is 1.94 bits per heavy atom. The van der Waals surface area contributed by atoms with Crippen LogP contribution in [-0.2, 0) is 0 Å². The number of para-hydroxylation sites is 3. The minimum atomic E-state index is 0.852. The number of rotatable bonds is 4. The standard InChI is InChI=1S/C45H28N2O/c1-3-13-29(14-4-1)31-17-11-18-32(27-31)47-41-24-10-8-20-37(41)43-42(47)26-25-35-34-21-12-22-36(44(34)48-45(35)43)40-28-38(30-15-5-2-6-16-30)33-19-7-9-23-39(33)46-40/h1-28H. The van der Waals surface area contributed by atoms with Crippen LogP contribution in [-0.4, -0.2) is 9.55 Å². The fourth-order valence-corrected chi connectivity index (χ4v) is 7.41. The van der Waals surface area contributed by atoms with Crippen LogP contribution in [0.1, 0.15) is 0 Å². The van der Waals surface area contributed by atoms with E-state index in [1.54, 1.807) is 0 Å². The van der Waals surface area contributed by atoms with Crippen molar-refractivity contribution >= 4 is 54.6 Å². The van der Waals surface area contributed by atoms with Crippen molar-refractivity contribution in [3.8, 4) is 39.2 Å². The maximum atomic E-state index is 7.01. The van der Waals surface area contributed by atoms with Gasteiger partial charge in [0, 0.05) is 32.8 Å². The second kappa shape index (κ2) is 10.5. The van der Waals surface area contributed by atoms with Gasteiger partial charge in [-0.05, 0) is 70.8 Å². The lowest BCUT2D eigenvalue weighted by Gasteiger charge is -2.10. The average molecular weight is 613 g/mol. The zero-order valence-corrected chi connectivity index (χ0v) is 26.0. The number of aromatic nitrogens is 2. The Hall–Kier alpha value is -6.45. The van der Waals surface area contributed by atoms with Gasteiger partial charge >= 0.3 is 0 Å². The summed E-state index contributed by atoms with van der Waals surface area (Å²) in [5.41, 5.74) is 12.7. The largest absolute Gasteiger partial charge is 0.455 e. The van der Waals surface area contributed by atoms with Gasteiger partial charge in [-0.2, -0.15) is 0 Å². The van der Waals surface area contributed by atoms with E-state index in [-0.39, 0.29) is 0 Å². The molecule has 10 rings (SSSR count). The van der Waals surface area contributed by atoms with Gasteiger partial charge in [-0.3, -0.25) is 0 Å². The van der Waals surface area contributed by atoms with Crippen LogP contribution in [0.5, 0.6) is 0 Å². The van der Waals surface area contributed by atoms with Crippen molar-refractivity contribution in [2.75, 3.05) is 0 Å². The maximum Gasteiger partial charge on any atom is 0.145 e. The highest BCUT2D eigenvalue weighted by atomic mass is 16.3. The highest BCUT2D eigenvalue weighted by Gasteiger charge is 2.21. The fourth-order valence-electron chi connectivity index (χ4n) is 7.41. The van der Waals surface area contributed by atoms with E-state index < -0.39 is 0 Å². The van der Waals surface area contributed by atoms with Crippen molar-refractivity contribution < 1.29 is 4.42 Å². The summed E-state index contributed by atoms with van der Waals surface area (Å²) in [6.07, 6.45) is 0. The molecule has 10 aromatic rings. The maximum absolute atomic E-state index is 7.01. The van der Waals surface area contributed by atoms with E-state index in [0.29, 0.717) is 0 Å². The molecule has 48 heavy (non-hydrogen) atoms. The molecule has 0 aliphatic heterocycles. The number of pyridine rings is 1. The van der Waals surface area contributed by atoms with Gasteiger partial charge in [-0.15, -0.1) is 0 Å². The van der Waals surface area contributed by atoms with Crippen LogP contribution in [0.4, 0.5) is 0 Å². The van der Waals surface area contributed by atoms with Crippen LogP contribution < -0.4 is 0 Å². The fraction of sp³-hybridized carbons (Fsp3) is 0. The van der Waals surface area contributed by atoms with Gasteiger partial charge in [-0.1, -0.05) is 121 Å². The van der Waals surface area contributed by atoms with E-state index >= 15 is 0 Å². The number of hydrogen-bond acceptors (Lipinski definition) is 2. The molecule has 0 amide bonds. The molecule has 3 heterocycles. The molecule has 0 fully saturated rings. The quantitative estimate of drug-likeness (QED) is 0.198. The van der Waals surface area contributed by atoms with Crippen molar-refractivity contribution in [1.29, 1.82) is 0 Å². The van der Waals surface area contributed by atoms with Crippen LogP contribution in [0.3, 0.4) is 0 Å². The molecule has 0 unspecified atom stereocenters. The first kappa shape index (κ1) is 26.7. The first-order chi connectivity index (χ1) is 23.8. The summed E-state index contributed by atoms with van der Waals surface area (Å²) < 4.78 is 9.37. The molecular formula is C45H28N2O. The van der Waals surface area contributed by atoms with E-state index in [9.17, 15) is 0 Å². The van der Waals surface area contributed by atoms with Crippen molar-refractivity contribution in [3.63, 3.8) is 0 Å². The number of fused-ring (bicyclic) bond motifs is 8. The molecule has 0 aliphatic rings. The third-order valence-corrected chi connectivity index (χ3v) is 9.59. The van der Waals surface area contributed by atoms with Gasteiger partial charge in [0.15, 0.2) is 0 Å².